The van der Waals surface area contributed by atoms with E-state index < -0.39 is 12.0 Å². The largest absolute Gasteiger partial charge is 0.493 e. The zero-order valence-corrected chi connectivity index (χ0v) is 22.9. The van der Waals surface area contributed by atoms with E-state index in [-0.39, 0.29) is 11.8 Å². The summed E-state index contributed by atoms with van der Waals surface area (Å²) in [7, 11) is 0. The van der Waals surface area contributed by atoms with Crippen LogP contribution < -0.4 is 14.2 Å². The van der Waals surface area contributed by atoms with E-state index in [2.05, 4.69) is 4.72 Å². The Labute approximate surface area is 232 Å². The monoisotopic (exact) mass is 559 g/mol. The molecule has 38 heavy (non-hydrogen) atoms. The van der Waals surface area contributed by atoms with Crippen LogP contribution >= 0.6 is 23.5 Å². The average Bonchev–Trinajstić information content (AvgIpc) is 2.95. The molecular formula is C30H32ClF2NO3S. The highest BCUT2D eigenvalue weighted by molar-refractivity contribution is 7.97. The number of alkyl halides is 2. The van der Waals surface area contributed by atoms with E-state index in [1.54, 1.807) is 42.5 Å². The first kappa shape index (κ1) is 28.4. The number of ether oxygens (including phenoxy) is 2. The van der Waals surface area contributed by atoms with Gasteiger partial charge in [-0.25, -0.2) is 4.72 Å². The number of benzene rings is 3. The second-order valence-electron chi connectivity index (χ2n) is 9.40. The van der Waals surface area contributed by atoms with Gasteiger partial charge in [-0.1, -0.05) is 61.2 Å². The molecular weight excluding hydrogens is 528 g/mol. The van der Waals surface area contributed by atoms with E-state index in [1.807, 2.05) is 19.1 Å². The van der Waals surface area contributed by atoms with Crippen LogP contribution in [0.1, 0.15) is 44.6 Å². The molecule has 202 valence electrons. The van der Waals surface area contributed by atoms with Crippen LogP contribution in [0.15, 0.2) is 71.6 Å². The Balaban J connectivity index is 1.36. The van der Waals surface area contributed by atoms with Gasteiger partial charge in [0.05, 0.1) is 18.2 Å². The van der Waals surface area contributed by atoms with Crippen LogP contribution in [0.2, 0.25) is 5.02 Å². The molecule has 1 aliphatic carbocycles. The molecule has 1 N–H and O–H groups in total. The van der Waals surface area contributed by atoms with E-state index in [4.69, 9.17) is 21.1 Å². The van der Waals surface area contributed by atoms with Gasteiger partial charge in [0.1, 0.15) is 23.8 Å². The molecule has 1 aliphatic rings. The molecule has 1 fully saturated rings. The summed E-state index contributed by atoms with van der Waals surface area (Å²) in [6, 6.07) is 16.7. The fourth-order valence-corrected chi connectivity index (χ4v) is 5.41. The maximum atomic E-state index is 15.3. The van der Waals surface area contributed by atoms with Gasteiger partial charge in [0.2, 0.25) is 0 Å². The van der Waals surface area contributed by atoms with E-state index in [9.17, 15) is 4.79 Å². The molecule has 0 saturated heterocycles. The highest BCUT2D eigenvalue weighted by atomic mass is 35.5. The second-order valence-corrected chi connectivity index (χ2v) is 10.7. The third kappa shape index (κ3) is 7.28. The summed E-state index contributed by atoms with van der Waals surface area (Å²) in [5.74, 6) is -1.52. The Kier molecular flexibility index (Phi) is 10.1. The zero-order chi connectivity index (χ0) is 27.0. The zero-order valence-electron chi connectivity index (χ0n) is 21.3. The van der Waals surface area contributed by atoms with E-state index >= 15 is 8.78 Å². The van der Waals surface area contributed by atoms with Crippen molar-refractivity contribution in [1.29, 1.82) is 0 Å². The Morgan fingerprint density at radius 3 is 2.34 bits per heavy atom. The molecule has 0 heterocycles. The van der Waals surface area contributed by atoms with Crippen LogP contribution in [-0.2, 0) is 10.7 Å². The molecule has 0 aliphatic heterocycles. The smallest absolute Gasteiger partial charge is 0.295 e. The lowest BCUT2D eigenvalue weighted by atomic mass is 9.90. The molecule has 3 aromatic carbocycles. The maximum Gasteiger partial charge on any atom is 0.295 e. The van der Waals surface area contributed by atoms with E-state index in [1.165, 1.54) is 44.2 Å². The van der Waals surface area contributed by atoms with Crippen molar-refractivity contribution in [3.8, 4) is 22.6 Å². The highest BCUT2D eigenvalue weighted by Gasteiger charge is 2.41. The number of carbonyl (C=O) groups is 1. The topological polar surface area (TPSA) is 47.6 Å². The Hall–Kier alpha value is -2.61. The number of rotatable bonds is 12. The number of nitrogens with one attached hydrogen (secondary N) is 1. The predicted molar refractivity (Wildman–Crippen MR) is 149 cm³/mol. The summed E-state index contributed by atoms with van der Waals surface area (Å²) in [6.07, 6.45) is 6.49. The van der Waals surface area contributed by atoms with Crippen molar-refractivity contribution in [3.63, 3.8) is 0 Å². The lowest BCUT2D eigenvalue weighted by molar-refractivity contribution is -0.119. The molecule has 0 bridgehead atoms. The Morgan fingerprint density at radius 1 is 1.00 bits per heavy atom. The standard InChI is InChI=1S/C30H32ClF2NO3S/c1-2-36-28-18-23(10-17-27(28)31)22-8-11-24(12-9-22)30(32,33)29(19-35)34-38-26-15-13-25(14-16-26)37-20-21-6-4-3-5-7-21/h8-19,21,29,34H,2-7,20H2,1H3. The van der Waals surface area contributed by atoms with E-state index in [0.29, 0.717) is 34.8 Å². The van der Waals surface area contributed by atoms with Gasteiger partial charge in [-0.15, -0.1) is 0 Å². The Bertz CT molecular complexity index is 1190. The first-order valence-corrected chi connectivity index (χ1v) is 14.1. The summed E-state index contributed by atoms with van der Waals surface area (Å²) < 4.78 is 44.6. The van der Waals surface area contributed by atoms with Gasteiger partial charge >= 0.3 is 0 Å². The summed E-state index contributed by atoms with van der Waals surface area (Å²) in [6.45, 7) is 3.03. The quantitative estimate of drug-likeness (QED) is 0.178. The molecule has 0 spiro atoms. The molecule has 0 radical (unpaired) electrons. The van der Waals surface area contributed by atoms with Crippen molar-refractivity contribution in [2.75, 3.05) is 13.2 Å². The van der Waals surface area contributed by atoms with Crippen molar-refractivity contribution in [2.45, 2.75) is 55.9 Å². The highest BCUT2D eigenvalue weighted by Crippen LogP contribution is 2.36. The number of carbonyl (C=O) groups excluding carboxylic acids is 1. The lowest BCUT2D eigenvalue weighted by Gasteiger charge is -2.24. The number of hydrogen-bond acceptors (Lipinski definition) is 5. The summed E-state index contributed by atoms with van der Waals surface area (Å²) in [4.78, 5) is 12.4. The van der Waals surface area contributed by atoms with Gasteiger partial charge in [0.15, 0.2) is 0 Å². The Morgan fingerprint density at radius 2 is 1.68 bits per heavy atom. The predicted octanol–water partition coefficient (Wildman–Crippen LogP) is 8.32. The lowest BCUT2D eigenvalue weighted by Crippen LogP contribution is -2.41. The van der Waals surface area contributed by atoms with Crippen LogP contribution in [0.5, 0.6) is 11.5 Å². The van der Waals surface area contributed by atoms with Gasteiger partial charge in [0, 0.05) is 10.5 Å². The SMILES string of the molecule is CCOc1cc(-c2ccc(C(F)(F)C(C=O)NSc3ccc(OCC4CCCCC4)cc3)cc2)ccc1Cl. The fraction of sp³-hybridized carbons (Fsp3) is 0.367. The first-order valence-electron chi connectivity index (χ1n) is 12.9. The minimum absolute atomic E-state index is 0.246. The van der Waals surface area contributed by atoms with Gasteiger partial charge in [-0.05, 0) is 85.2 Å². The average molecular weight is 560 g/mol. The van der Waals surface area contributed by atoms with E-state index in [0.717, 1.165) is 28.8 Å². The molecule has 0 amide bonds. The molecule has 8 heteroatoms. The summed E-state index contributed by atoms with van der Waals surface area (Å²) in [5.41, 5.74) is 1.27. The van der Waals surface area contributed by atoms with Crippen molar-refractivity contribution in [2.24, 2.45) is 5.92 Å². The number of aldehydes is 1. The van der Waals surface area contributed by atoms with Crippen LogP contribution in [0.3, 0.4) is 0 Å². The maximum absolute atomic E-state index is 15.3. The molecule has 3 aromatic rings. The molecule has 4 nitrogen and oxygen atoms in total. The van der Waals surface area contributed by atoms with Crippen molar-refractivity contribution >= 4 is 29.8 Å². The number of hydrogen-bond donors (Lipinski definition) is 1. The normalized spacial score (nSPS) is 15.2. The van der Waals surface area contributed by atoms with Crippen LogP contribution in [0.4, 0.5) is 8.78 Å². The second kappa shape index (κ2) is 13.5. The molecule has 1 atom stereocenters. The number of halogens is 3. The van der Waals surface area contributed by atoms with Crippen molar-refractivity contribution in [3.05, 3.63) is 77.3 Å². The third-order valence-electron chi connectivity index (χ3n) is 6.70. The fourth-order valence-electron chi connectivity index (χ4n) is 4.50. The van der Waals surface area contributed by atoms with Crippen LogP contribution in [0.25, 0.3) is 11.1 Å². The van der Waals surface area contributed by atoms with Gasteiger partial charge in [-0.2, -0.15) is 8.78 Å². The summed E-state index contributed by atoms with van der Waals surface area (Å²) in [5, 5.41) is 0.484. The minimum atomic E-state index is -3.41. The molecule has 4 rings (SSSR count). The van der Waals surface area contributed by atoms with Crippen molar-refractivity contribution < 1.29 is 23.0 Å². The van der Waals surface area contributed by atoms with Gasteiger partial charge < -0.3 is 14.3 Å². The summed E-state index contributed by atoms with van der Waals surface area (Å²) >= 11 is 7.14. The van der Waals surface area contributed by atoms with Gasteiger partial charge in [-0.3, -0.25) is 0 Å². The molecule has 1 saturated carbocycles. The molecule has 0 aromatic heterocycles. The minimum Gasteiger partial charge on any atom is -0.493 e. The van der Waals surface area contributed by atoms with Crippen LogP contribution in [0, 0.1) is 5.92 Å². The molecule has 1 unspecified atom stereocenters. The third-order valence-corrected chi connectivity index (χ3v) is 7.89. The van der Waals surface area contributed by atoms with Crippen molar-refractivity contribution in [1.82, 2.24) is 4.72 Å². The van der Waals surface area contributed by atoms with Crippen LogP contribution in [-0.4, -0.2) is 25.5 Å². The first-order chi connectivity index (χ1) is 18.4. The van der Waals surface area contributed by atoms with Gasteiger partial charge in [0.25, 0.3) is 5.92 Å².